The van der Waals surface area contributed by atoms with Gasteiger partial charge < -0.3 is 25.0 Å². The van der Waals surface area contributed by atoms with Gasteiger partial charge in [0.15, 0.2) is 5.60 Å². The summed E-state index contributed by atoms with van der Waals surface area (Å²) in [5.74, 6) is 0.143. The Balaban J connectivity index is 1.62. The summed E-state index contributed by atoms with van der Waals surface area (Å²) in [4.78, 5) is 24.6. The number of rotatable bonds is 5. The smallest absolute Gasteiger partial charge is 0.269 e. The molecule has 2 aliphatic rings. The van der Waals surface area contributed by atoms with Crippen LogP contribution >= 0.6 is 31.9 Å². The second-order valence-electron chi connectivity index (χ2n) is 5.62. The van der Waals surface area contributed by atoms with Crippen molar-refractivity contribution in [3.63, 3.8) is 0 Å². The number of nitrogens with one attached hydrogen (secondary N) is 2. The molecule has 1 amide bonds. The molecule has 2 heterocycles. The van der Waals surface area contributed by atoms with Gasteiger partial charge in [0.05, 0.1) is 22.4 Å². The maximum Gasteiger partial charge on any atom is 0.269 e. The number of hydrogen-bond acceptors (Lipinski definition) is 6. The molecule has 3 rings (SSSR count). The normalized spacial score (nSPS) is 25.5. The zero-order chi connectivity index (χ0) is 18.0. The van der Waals surface area contributed by atoms with Crippen LogP contribution in [0.2, 0.25) is 0 Å². The predicted octanol–water partition coefficient (Wildman–Crippen LogP) is 1.49. The van der Waals surface area contributed by atoms with E-state index in [-0.39, 0.29) is 18.0 Å². The lowest BCUT2D eigenvalue weighted by atomic mass is 9.87. The van der Waals surface area contributed by atoms with Gasteiger partial charge in [-0.2, -0.15) is 0 Å². The lowest BCUT2D eigenvalue weighted by Gasteiger charge is -2.33. The number of oxime groups is 1. The molecule has 0 bridgehead atoms. The quantitative estimate of drug-likeness (QED) is 0.597. The fourth-order valence-electron chi connectivity index (χ4n) is 2.65. The minimum atomic E-state index is -1.14. The third-order valence-electron chi connectivity index (χ3n) is 3.98. The number of methoxy groups -OCH3 is 1. The van der Waals surface area contributed by atoms with E-state index in [2.05, 4.69) is 52.3 Å². The van der Waals surface area contributed by atoms with Crippen molar-refractivity contribution >= 4 is 43.5 Å². The van der Waals surface area contributed by atoms with E-state index in [4.69, 9.17) is 9.57 Å². The number of H-pyrrole nitrogens is 1. The van der Waals surface area contributed by atoms with Crippen LogP contribution < -0.4 is 5.32 Å². The van der Waals surface area contributed by atoms with Crippen molar-refractivity contribution in [1.29, 1.82) is 0 Å². The van der Waals surface area contributed by atoms with Crippen LogP contribution in [0.5, 0.6) is 0 Å². The molecule has 1 spiro atoms. The van der Waals surface area contributed by atoms with Crippen LogP contribution in [0.25, 0.3) is 0 Å². The molecule has 2 unspecified atom stereocenters. The summed E-state index contributed by atoms with van der Waals surface area (Å²) in [6, 6.07) is 0. The van der Waals surface area contributed by atoms with Gasteiger partial charge >= 0.3 is 0 Å². The van der Waals surface area contributed by atoms with E-state index < -0.39 is 11.7 Å². The monoisotopic (exact) mass is 474 g/mol. The van der Waals surface area contributed by atoms with Crippen molar-refractivity contribution < 1.29 is 19.5 Å². The first-order valence-corrected chi connectivity index (χ1v) is 9.06. The molecule has 0 radical (unpaired) electrons. The molecule has 0 aromatic carbocycles. The van der Waals surface area contributed by atoms with Crippen LogP contribution in [-0.2, 0) is 20.8 Å². The highest BCUT2D eigenvalue weighted by atomic mass is 79.9. The zero-order valence-electron chi connectivity index (χ0n) is 13.3. The molecule has 1 aromatic heterocycles. The molecular weight excluding hydrogens is 460 g/mol. The van der Waals surface area contributed by atoms with Crippen LogP contribution in [0.1, 0.15) is 12.1 Å². The Morgan fingerprint density at radius 1 is 1.60 bits per heavy atom. The average Bonchev–Trinajstić information content (AvgIpc) is 3.24. The number of hydrogen-bond donors (Lipinski definition) is 3. The van der Waals surface area contributed by atoms with Crippen molar-refractivity contribution in [1.82, 2.24) is 15.3 Å². The molecule has 1 aliphatic carbocycles. The lowest BCUT2D eigenvalue weighted by molar-refractivity contribution is -0.114. The first-order chi connectivity index (χ1) is 12.0. The number of aromatic nitrogens is 2. The van der Waals surface area contributed by atoms with Crippen molar-refractivity contribution in [2.24, 2.45) is 5.16 Å². The van der Waals surface area contributed by atoms with Gasteiger partial charge in [-0.1, -0.05) is 5.16 Å². The van der Waals surface area contributed by atoms with Crippen molar-refractivity contribution in [3.8, 4) is 0 Å². The molecule has 8 nitrogen and oxygen atoms in total. The zero-order valence-corrected chi connectivity index (χ0v) is 16.4. The minimum absolute atomic E-state index is 0.144. The summed E-state index contributed by atoms with van der Waals surface area (Å²) >= 11 is 6.70. The van der Waals surface area contributed by atoms with E-state index in [0.717, 1.165) is 5.69 Å². The van der Waals surface area contributed by atoms with E-state index >= 15 is 0 Å². The SMILES string of the molecule is COC1=C(Br)C(O)C2(C=C1Br)CC(C(=O)NCCc1cnc[nH]1)=NO2. The second-order valence-corrected chi connectivity index (χ2v) is 7.33. The summed E-state index contributed by atoms with van der Waals surface area (Å²) < 4.78 is 6.27. The highest BCUT2D eigenvalue weighted by molar-refractivity contribution is 9.12. The Morgan fingerprint density at radius 2 is 2.40 bits per heavy atom. The Hall–Kier alpha value is -1.65. The number of allylic oxidation sites excluding steroid dienone is 1. The Morgan fingerprint density at radius 3 is 3.08 bits per heavy atom. The van der Waals surface area contributed by atoms with E-state index in [1.165, 1.54) is 7.11 Å². The van der Waals surface area contributed by atoms with Gasteiger partial charge in [0.25, 0.3) is 5.91 Å². The number of aliphatic hydroxyl groups is 1. The van der Waals surface area contributed by atoms with Crippen LogP contribution in [0.3, 0.4) is 0 Å². The fraction of sp³-hybridized carbons (Fsp3) is 0.400. The number of ether oxygens (including phenoxy) is 1. The number of amides is 1. The largest absolute Gasteiger partial charge is 0.495 e. The number of aliphatic hydroxyl groups excluding tert-OH is 1. The molecule has 0 fully saturated rings. The molecule has 0 saturated heterocycles. The standard InChI is InChI=1S/C15H16Br2N4O4/c1-24-12-9(16)4-15(13(22)11(12)17)5-10(21-25-15)14(23)19-3-2-8-6-18-7-20-8/h4,6-7,13,22H,2-3,5H2,1H3,(H,18,20)(H,19,23). The van der Waals surface area contributed by atoms with E-state index in [1.54, 1.807) is 18.6 Å². The van der Waals surface area contributed by atoms with Gasteiger partial charge in [-0.25, -0.2) is 4.98 Å². The molecule has 3 N–H and O–H groups in total. The van der Waals surface area contributed by atoms with E-state index in [0.29, 0.717) is 27.7 Å². The van der Waals surface area contributed by atoms with Crippen LogP contribution in [0, 0.1) is 0 Å². The molecule has 1 aromatic rings. The Labute approximate surface area is 160 Å². The van der Waals surface area contributed by atoms with Gasteiger partial charge in [-0.15, -0.1) is 0 Å². The number of aromatic amines is 1. The average molecular weight is 476 g/mol. The number of carbonyl (C=O) groups is 1. The molecule has 0 saturated carbocycles. The summed E-state index contributed by atoms with van der Waals surface area (Å²) in [6.07, 6.45) is 4.69. The highest BCUT2D eigenvalue weighted by Gasteiger charge is 2.50. The summed E-state index contributed by atoms with van der Waals surface area (Å²) in [7, 11) is 1.50. The molecule has 2 atom stereocenters. The van der Waals surface area contributed by atoms with Gasteiger partial charge in [0, 0.05) is 31.3 Å². The lowest BCUT2D eigenvalue weighted by Crippen LogP contribution is -2.45. The summed E-state index contributed by atoms with van der Waals surface area (Å²) in [5, 5.41) is 17.2. The van der Waals surface area contributed by atoms with Gasteiger partial charge in [0.2, 0.25) is 0 Å². The Bertz CT molecular complexity index is 760. The number of halogens is 2. The molecule has 10 heteroatoms. The molecule has 1 aliphatic heterocycles. The van der Waals surface area contributed by atoms with Gasteiger partial charge in [0.1, 0.15) is 17.6 Å². The maximum atomic E-state index is 12.3. The molecule has 25 heavy (non-hydrogen) atoms. The number of carbonyl (C=O) groups excluding carboxylic acids is 1. The maximum absolute atomic E-state index is 12.3. The van der Waals surface area contributed by atoms with Crippen molar-refractivity contribution in [3.05, 3.63) is 39.0 Å². The first-order valence-electron chi connectivity index (χ1n) is 7.48. The van der Waals surface area contributed by atoms with Crippen molar-refractivity contribution in [2.45, 2.75) is 24.5 Å². The third kappa shape index (κ3) is 3.51. The summed E-state index contributed by atoms with van der Waals surface area (Å²) in [6.45, 7) is 0.437. The van der Waals surface area contributed by atoms with E-state index in [1.807, 2.05) is 0 Å². The number of nitrogens with zero attached hydrogens (tertiary/aromatic N) is 2. The third-order valence-corrected chi connectivity index (χ3v) is 5.36. The van der Waals surface area contributed by atoms with Gasteiger partial charge in [-0.3, -0.25) is 4.79 Å². The molecular formula is C15H16Br2N4O4. The van der Waals surface area contributed by atoms with Gasteiger partial charge in [-0.05, 0) is 37.9 Å². The van der Waals surface area contributed by atoms with Crippen LogP contribution in [0.4, 0.5) is 0 Å². The second kappa shape index (κ2) is 7.30. The Kier molecular flexibility index (Phi) is 5.30. The first kappa shape index (κ1) is 18.2. The van der Waals surface area contributed by atoms with Crippen LogP contribution in [0.15, 0.2) is 38.5 Å². The van der Waals surface area contributed by atoms with E-state index in [9.17, 15) is 9.90 Å². The topological polar surface area (TPSA) is 109 Å². The predicted molar refractivity (Wildman–Crippen MR) is 97.1 cm³/mol. The number of imidazole rings is 1. The van der Waals surface area contributed by atoms with Crippen LogP contribution in [-0.4, -0.2) is 52.1 Å². The minimum Gasteiger partial charge on any atom is -0.495 e. The highest BCUT2D eigenvalue weighted by Crippen LogP contribution is 2.43. The summed E-state index contributed by atoms with van der Waals surface area (Å²) in [5.41, 5.74) is 0.00827. The fourth-order valence-corrected chi connectivity index (χ4v) is 4.44. The van der Waals surface area contributed by atoms with Crippen molar-refractivity contribution in [2.75, 3.05) is 13.7 Å². The molecule has 134 valence electrons.